The van der Waals surface area contributed by atoms with E-state index in [-0.39, 0.29) is 52.5 Å². The number of hydrogen-bond acceptors (Lipinski definition) is 8. The highest BCUT2D eigenvalue weighted by atomic mass is 31.2. The second-order valence-electron chi connectivity index (χ2n) is 7.87. The van der Waals surface area contributed by atoms with Crippen molar-refractivity contribution in [3.8, 4) is 11.5 Å². The number of aryl methyl sites for hydroxylation is 1. The van der Waals surface area contributed by atoms with E-state index in [2.05, 4.69) is 5.32 Å². The lowest BCUT2D eigenvalue weighted by Gasteiger charge is -2.25. The molecule has 0 spiro atoms. The lowest BCUT2D eigenvalue weighted by atomic mass is 9.83. The third-order valence-electron chi connectivity index (χ3n) is 5.47. The Morgan fingerprint density at radius 2 is 1.77 bits per heavy atom. The van der Waals surface area contributed by atoms with Gasteiger partial charge in [-0.3, -0.25) is 18.9 Å². The Morgan fingerprint density at radius 1 is 1.11 bits per heavy atom. The maximum atomic E-state index is 13.4. The van der Waals surface area contributed by atoms with Crippen molar-refractivity contribution in [1.29, 1.82) is 0 Å². The van der Waals surface area contributed by atoms with Crippen LogP contribution in [-0.4, -0.2) is 48.7 Å². The van der Waals surface area contributed by atoms with Crippen molar-refractivity contribution in [3.63, 3.8) is 0 Å². The second kappa shape index (κ2) is 10.6. The van der Waals surface area contributed by atoms with Crippen LogP contribution in [0, 0.1) is 6.92 Å². The summed E-state index contributed by atoms with van der Waals surface area (Å²) in [6.07, 6.45) is 1.09. The Bertz CT molecular complexity index is 1260. The van der Waals surface area contributed by atoms with Crippen LogP contribution in [0.1, 0.15) is 63.0 Å². The number of ketones is 2. The number of rotatable bonds is 9. The van der Waals surface area contributed by atoms with E-state index in [4.69, 9.17) is 13.8 Å². The minimum Gasteiger partial charge on any atom is -0.507 e. The molecule has 0 bridgehead atoms. The van der Waals surface area contributed by atoms with Crippen molar-refractivity contribution in [3.05, 3.63) is 64.2 Å². The van der Waals surface area contributed by atoms with E-state index in [0.717, 1.165) is 6.08 Å². The Morgan fingerprint density at radius 3 is 2.37 bits per heavy atom. The zero-order valence-electron chi connectivity index (χ0n) is 20.2. The molecule has 0 saturated carbocycles. The first-order chi connectivity index (χ1) is 16.6. The number of Topliss-reactive ketones (excluding diaryl/α,β-unsaturated/α-hetero) is 1. The van der Waals surface area contributed by atoms with Gasteiger partial charge in [0, 0.05) is 16.7 Å². The molecule has 35 heavy (non-hydrogen) atoms. The molecule has 0 aromatic heterocycles. The SMILES string of the molecule is CCOP(=O)(OCC)C(C)NC(=O)c1cc(C)cc(OC)c1C1=CC(=O)c2c(O)cccc2C1=O. The fraction of sp³-hybridized carbons (Fsp3) is 0.320. The van der Waals surface area contributed by atoms with Crippen molar-refractivity contribution < 1.29 is 37.8 Å². The first kappa shape index (κ1) is 26.3. The van der Waals surface area contributed by atoms with Gasteiger partial charge in [-0.05, 0) is 57.5 Å². The van der Waals surface area contributed by atoms with Crippen molar-refractivity contribution in [2.75, 3.05) is 20.3 Å². The van der Waals surface area contributed by atoms with Crippen LogP contribution in [0.3, 0.4) is 0 Å². The van der Waals surface area contributed by atoms with Crippen LogP contribution >= 0.6 is 7.60 Å². The Balaban J connectivity index is 2.12. The van der Waals surface area contributed by atoms with Crippen LogP contribution in [0.5, 0.6) is 11.5 Å². The molecular formula is C25H28NO8P. The zero-order chi connectivity index (χ0) is 25.9. The summed E-state index contributed by atoms with van der Waals surface area (Å²) in [6, 6.07) is 7.40. The number of carbonyl (C=O) groups is 3. The summed E-state index contributed by atoms with van der Waals surface area (Å²) in [4.78, 5) is 39.6. The maximum absolute atomic E-state index is 13.4. The van der Waals surface area contributed by atoms with Crippen molar-refractivity contribution in [2.45, 2.75) is 33.5 Å². The number of methoxy groups -OCH3 is 1. The molecule has 3 rings (SSSR count). The van der Waals surface area contributed by atoms with E-state index in [1.807, 2.05) is 0 Å². The van der Waals surface area contributed by atoms with Gasteiger partial charge in [-0.2, -0.15) is 0 Å². The molecule has 0 aliphatic heterocycles. The van der Waals surface area contributed by atoms with Crippen LogP contribution in [-0.2, 0) is 13.6 Å². The lowest BCUT2D eigenvalue weighted by molar-refractivity contribution is 0.0939. The van der Waals surface area contributed by atoms with Gasteiger partial charge in [0.15, 0.2) is 11.6 Å². The molecule has 0 heterocycles. The molecule has 1 amide bonds. The Hall–Kier alpha value is -3.26. The molecule has 1 aliphatic rings. The fourth-order valence-corrected chi connectivity index (χ4v) is 5.44. The number of nitrogens with one attached hydrogen (secondary N) is 1. The summed E-state index contributed by atoms with van der Waals surface area (Å²) in [5.41, 5.74) is 0.686. The molecule has 10 heteroatoms. The highest BCUT2D eigenvalue weighted by Gasteiger charge is 2.36. The smallest absolute Gasteiger partial charge is 0.352 e. The highest BCUT2D eigenvalue weighted by molar-refractivity contribution is 7.54. The molecule has 186 valence electrons. The molecule has 2 N–H and O–H groups in total. The van der Waals surface area contributed by atoms with Crippen molar-refractivity contribution >= 4 is 30.6 Å². The summed E-state index contributed by atoms with van der Waals surface area (Å²) in [6.45, 7) is 6.82. The average Bonchev–Trinajstić information content (AvgIpc) is 2.81. The van der Waals surface area contributed by atoms with Gasteiger partial charge in [0.2, 0.25) is 0 Å². The summed E-state index contributed by atoms with van der Waals surface area (Å²) < 4.78 is 29.2. The van der Waals surface area contributed by atoms with E-state index in [0.29, 0.717) is 5.56 Å². The lowest BCUT2D eigenvalue weighted by Crippen LogP contribution is -2.34. The van der Waals surface area contributed by atoms with Gasteiger partial charge in [0.1, 0.15) is 17.3 Å². The van der Waals surface area contributed by atoms with E-state index < -0.39 is 30.9 Å². The summed E-state index contributed by atoms with van der Waals surface area (Å²) in [5, 5.41) is 12.8. The molecule has 1 unspecified atom stereocenters. The second-order valence-corrected chi connectivity index (χ2v) is 10.2. The van der Waals surface area contributed by atoms with E-state index >= 15 is 0 Å². The molecule has 0 radical (unpaired) electrons. The van der Waals surface area contributed by atoms with Gasteiger partial charge < -0.3 is 24.2 Å². The highest BCUT2D eigenvalue weighted by Crippen LogP contribution is 2.52. The summed E-state index contributed by atoms with van der Waals surface area (Å²) in [5.74, 6) is -2.87. The minimum atomic E-state index is -3.66. The molecule has 0 fully saturated rings. The molecule has 1 atom stereocenters. The first-order valence-corrected chi connectivity index (χ1v) is 12.7. The van der Waals surface area contributed by atoms with Gasteiger partial charge in [0.05, 0.1) is 31.5 Å². The predicted molar refractivity (Wildman–Crippen MR) is 130 cm³/mol. The van der Waals surface area contributed by atoms with Gasteiger partial charge in [0.25, 0.3) is 5.91 Å². The van der Waals surface area contributed by atoms with Gasteiger partial charge in [-0.1, -0.05) is 12.1 Å². The molecule has 9 nitrogen and oxygen atoms in total. The molecule has 1 aliphatic carbocycles. The first-order valence-electron chi connectivity index (χ1n) is 11.1. The zero-order valence-corrected chi connectivity index (χ0v) is 21.1. The number of amides is 1. The van der Waals surface area contributed by atoms with Crippen molar-refractivity contribution in [2.24, 2.45) is 0 Å². The molecule has 2 aromatic carbocycles. The third-order valence-corrected chi connectivity index (χ3v) is 7.78. The third kappa shape index (κ3) is 5.07. The van der Waals surface area contributed by atoms with E-state index in [9.17, 15) is 24.1 Å². The van der Waals surface area contributed by atoms with Crippen LogP contribution in [0.25, 0.3) is 5.57 Å². The summed E-state index contributed by atoms with van der Waals surface area (Å²) in [7, 11) is -2.28. The molecule has 2 aromatic rings. The summed E-state index contributed by atoms with van der Waals surface area (Å²) >= 11 is 0. The topological polar surface area (TPSA) is 128 Å². The largest absolute Gasteiger partial charge is 0.507 e. The standard InChI is InChI=1S/C25H28NO8P/c1-6-33-35(31,34-7-2)15(4)26-25(30)18-11-14(3)12-21(32-5)22(18)17-13-20(28)23-16(24(17)29)9-8-10-19(23)27/h8-13,15,27H,6-7H2,1-5H3,(H,26,30). The van der Waals surface area contributed by atoms with Gasteiger partial charge >= 0.3 is 7.60 Å². The van der Waals surface area contributed by atoms with Crippen LogP contribution in [0.4, 0.5) is 0 Å². The van der Waals surface area contributed by atoms with Crippen molar-refractivity contribution in [1.82, 2.24) is 5.32 Å². The van der Waals surface area contributed by atoms with E-state index in [1.165, 1.54) is 32.2 Å². The number of hydrogen-bond donors (Lipinski definition) is 2. The molecule has 0 saturated heterocycles. The predicted octanol–water partition coefficient (Wildman–Crippen LogP) is 4.51. The quantitative estimate of drug-likeness (QED) is 0.480. The van der Waals surface area contributed by atoms with Gasteiger partial charge in [-0.15, -0.1) is 0 Å². The molecular weight excluding hydrogens is 473 g/mol. The van der Waals surface area contributed by atoms with Crippen LogP contribution in [0.15, 0.2) is 36.4 Å². The number of aromatic hydroxyl groups is 1. The Labute approximate surface area is 203 Å². The number of carbonyl (C=O) groups excluding carboxylic acids is 3. The number of ether oxygens (including phenoxy) is 1. The number of phenols is 1. The average molecular weight is 501 g/mol. The number of phenolic OH excluding ortho intramolecular Hbond substituents is 1. The number of benzene rings is 2. The number of fused-ring (bicyclic) bond motifs is 1. The maximum Gasteiger partial charge on any atom is 0.352 e. The van der Waals surface area contributed by atoms with Crippen LogP contribution < -0.4 is 10.1 Å². The van der Waals surface area contributed by atoms with E-state index in [1.54, 1.807) is 32.9 Å². The Kier molecular flexibility index (Phi) is 7.95. The monoisotopic (exact) mass is 501 g/mol. The van der Waals surface area contributed by atoms with Gasteiger partial charge in [-0.25, -0.2) is 0 Å². The fourth-order valence-electron chi connectivity index (χ4n) is 3.93. The van der Waals surface area contributed by atoms with Crippen LogP contribution in [0.2, 0.25) is 0 Å². The minimum absolute atomic E-state index is 0.0204. The normalized spacial score (nSPS) is 14.3. The number of allylic oxidation sites excluding steroid dienone is 2.